The van der Waals surface area contributed by atoms with Gasteiger partial charge in [-0.15, -0.1) is 0 Å². The standard InChI is InChI=1S/C13H10F3N/c14-10-4-1-8(2-5-10)7-9-3-6-11(15)13(17)12(9)16/h1-6H,7,17H2. The van der Waals surface area contributed by atoms with Crippen LogP contribution in [0.25, 0.3) is 0 Å². The second kappa shape index (κ2) is 4.49. The fourth-order valence-corrected chi connectivity index (χ4v) is 1.57. The molecule has 4 heteroatoms. The monoisotopic (exact) mass is 237 g/mol. The van der Waals surface area contributed by atoms with Gasteiger partial charge in [-0.05, 0) is 29.3 Å². The van der Waals surface area contributed by atoms with Crippen molar-refractivity contribution < 1.29 is 13.2 Å². The average molecular weight is 237 g/mol. The molecule has 0 aromatic heterocycles. The predicted octanol–water partition coefficient (Wildman–Crippen LogP) is 3.28. The maximum Gasteiger partial charge on any atom is 0.152 e. The van der Waals surface area contributed by atoms with Crippen molar-refractivity contribution in [2.75, 3.05) is 5.73 Å². The van der Waals surface area contributed by atoms with Crippen LogP contribution in [0.3, 0.4) is 0 Å². The van der Waals surface area contributed by atoms with E-state index in [0.717, 1.165) is 11.6 Å². The quantitative estimate of drug-likeness (QED) is 0.797. The van der Waals surface area contributed by atoms with E-state index in [-0.39, 0.29) is 17.8 Å². The summed E-state index contributed by atoms with van der Waals surface area (Å²) in [6.07, 6.45) is 0.247. The van der Waals surface area contributed by atoms with Crippen LogP contribution in [0.4, 0.5) is 18.9 Å². The number of hydrogen-bond donors (Lipinski definition) is 1. The summed E-state index contributed by atoms with van der Waals surface area (Å²) in [7, 11) is 0. The minimum absolute atomic E-state index is 0.247. The third-order valence-electron chi connectivity index (χ3n) is 2.51. The van der Waals surface area contributed by atoms with Crippen molar-refractivity contribution in [3.63, 3.8) is 0 Å². The third-order valence-corrected chi connectivity index (χ3v) is 2.51. The molecule has 0 aliphatic heterocycles. The smallest absolute Gasteiger partial charge is 0.152 e. The lowest BCUT2D eigenvalue weighted by Crippen LogP contribution is -2.01. The molecule has 0 saturated heterocycles. The molecule has 17 heavy (non-hydrogen) atoms. The molecule has 0 saturated carbocycles. The Kier molecular flexibility index (Phi) is 3.04. The van der Waals surface area contributed by atoms with Crippen LogP contribution in [-0.2, 0) is 6.42 Å². The summed E-state index contributed by atoms with van der Waals surface area (Å²) in [6, 6.07) is 8.14. The van der Waals surface area contributed by atoms with Crippen molar-refractivity contribution in [1.29, 1.82) is 0 Å². The van der Waals surface area contributed by atoms with Crippen LogP contribution in [0.15, 0.2) is 36.4 Å². The first kappa shape index (κ1) is 11.5. The normalized spacial score (nSPS) is 10.5. The highest BCUT2D eigenvalue weighted by molar-refractivity contribution is 5.45. The lowest BCUT2D eigenvalue weighted by molar-refractivity contribution is 0.583. The molecule has 0 bridgehead atoms. The maximum atomic E-state index is 13.6. The zero-order valence-corrected chi connectivity index (χ0v) is 8.88. The van der Waals surface area contributed by atoms with Crippen molar-refractivity contribution in [2.24, 2.45) is 0 Å². The Morgan fingerprint density at radius 3 is 2.18 bits per heavy atom. The molecule has 0 atom stereocenters. The highest BCUT2D eigenvalue weighted by atomic mass is 19.1. The van der Waals surface area contributed by atoms with Crippen molar-refractivity contribution in [3.05, 3.63) is 65.0 Å². The third kappa shape index (κ3) is 2.41. The average Bonchev–Trinajstić information content (AvgIpc) is 2.33. The summed E-state index contributed by atoms with van der Waals surface area (Å²) in [6.45, 7) is 0. The molecule has 0 aliphatic rings. The summed E-state index contributed by atoms with van der Waals surface area (Å²) in [5.74, 6) is -1.88. The zero-order chi connectivity index (χ0) is 12.4. The Hall–Kier alpha value is -1.97. The first-order chi connectivity index (χ1) is 8.08. The highest BCUT2D eigenvalue weighted by Crippen LogP contribution is 2.21. The van der Waals surface area contributed by atoms with Crippen LogP contribution in [0, 0.1) is 17.5 Å². The van der Waals surface area contributed by atoms with E-state index in [4.69, 9.17) is 5.73 Å². The fraction of sp³-hybridized carbons (Fsp3) is 0.0769. The molecule has 0 fully saturated rings. The van der Waals surface area contributed by atoms with Crippen LogP contribution >= 0.6 is 0 Å². The maximum absolute atomic E-state index is 13.6. The van der Waals surface area contributed by atoms with Crippen molar-refractivity contribution in [1.82, 2.24) is 0 Å². The summed E-state index contributed by atoms with van der Waals surface area (Å²) < 4.78 is 39.2. The number of hydrogen-bond acceptors (Lipinski definition) is 1. The molecular formula is C13H10F3N. The first-order valence-corrected chi connectivity index (χ1v) is 5.04. The van der Waals surface area contributed by atoms with E-state index in [0.29, 0.717) is 0 Å². The molecule has 2 aromatic carbocycles. The van der Waals surface area contributed by atoms with Gasteiger partial charge in [-0.1, -0.05) is 18.2 Å². The van der Waals surface area contributed by atoms with Gasteiger partial charge < -0.3 is 5.73 Å². The number of nitrogens with two attached hydrogens (primary N) is 1. The Bertz CT molecular complexity index is 535. The van der Waals surface area contributed by atoms with Crippen LogP contribution in [0.2, 0.25) is 0 Å². The number of rotatable bonds is 2. The summed E-state index contributed by atoms with van der Waals surface area (Å²) in [5.41, 5.74) is 5.79. The van der Waals surface area contributed by atoms with Gasteiger partial charge in [0.15, 0.2) is 5.82 Å². The van der Waals surface area contributed by atoms with E-state index in [9.17, 15) is 13.2 Å². The zero-order valence-electron chi connectivity index (χ0n) is 8.88. The molecule has 0 unspecified atom stereocenters. The van der Waals surface area contributed by atoms with Crippen LogP contribution < -0.4 is 5.73 Å². The van der Waals surface area contributed by atoms with Gasteiger partial charge in [0.05, 0.1) is 0 Å². The Labute approximate surface area is 96.7 Å². The van der Waals surface area contributed by atoms with Gasteiger partial charge in [0.1, 0.15) is 17.3 Å². The Morgan fingerprint density at radius 2 is 1.53 bits per heavy atom. The number of nitrogen functional groups attached to an aromatic ring is 1. The largest absolute Gasteiger partial charge is 0.394 e. The second-order valence-corrected chi connectivity index (χ2v) is 3.74. The van der Waals surface area contributed by atoms with E-state index in [1.54, 1.807) is 12.1 Å². The predicted molar refractivity (Wildman–Crippen MR) is 60.0 cm³/mol. The highest BCUT2D eigenvalue weighted by Gasteiger charge is 2.10. The lowest BCUT2D eigenvalue weighted by atomic mass is 10.0. The van der Waals surface area contributed by atoms with Gasteiger partial charge in [-0.2, -0.15) is 0 Å². The summed E-state index contributed by atoms with van der Waals surface area (Å²) >= 11 is 0. The van der Waals surface area contributed by atoms with Gasteiger partial charge in [-0.25, -0.2) is 13.2 Å². The van der Waals surface area contributed by atoms with Gasteiger partial charge in [-0.3, -0.25) is 0 Å². The van der Waals surface area contributed by atoms with Gasteiger partial charge in [0.25, 0.3) is 0 Å². The van der Waals surface area contributed by atoms with E-state index in [2.05, 4.69) is 0 Å². The van der Waals surface area contributed by atoms with Crippen LogP contribution in [-0.4, -0.2) is 0 Å². The summed E-state index contributed by atoms with van der Waals surface area (Å²) in [5, 5.41) is 0. The minimum Gasteiger partial charge on any atom is -0.394 e. The molecule has 1 nitrogen and oxygen atoms in total. The molecule has 0 radical (unpaired) electrons. The minimum atomic E-state index is -0.773. The molecule has 2 aromatic rings. The molecule has 88 valence electrons. The number of anilines is 1. The van der Waals surface area contributed by atoms with Crippen molar-refractivity contribution in [3.8, 4) is 0 Å². The number of halogens is 3. The second-order valence-electron chi connectivity index (χ2n) is 3.74. The molecule has 0 aliphatic carbocycles. The Balaban J connectivity index is 2.30. The number of benzene rings is 2. The molecular weight excluding hydrogens is 227 g/mol. The SMILES string of the molecule is Nc1c(F)ccc(Cc2ccc(F)cc2)c1F. The Morgan fingerprint density at radius 1 is 0.882 bits per heavy atom. The molecule has 2 rings (SSSR count). The van der Waals surface area contributed by atoms with Crippen molar-refractivity contribution in [2.45, 2.75) is 6.42 Å². The fourth-order valence-electron chi connectivity index (χ4n) is 1.57. The summed E-state index contributed by atoms with van der Waals surface area (Å²) in [4.78, 5) is 0. The molecule has 0 heterocycles. The van der Waals surface area contributed by atoms with Crippen LogP contribution in [0.5, 0.6) is 0 Å². The van der Waals surface area contributed by atoms with E-state index in [1.807, 2.05) is 0 Å². The van der Waals surface area contributed by atoms with Crippen molar-refractivity contribution >= 4 is 5.69 Å². The van der Waals surface area contributed by atoms with Gasteiger partial charge >= 0.3 is 0 Å². The lowest BCUT2D eigenvalue weighted by Gasteiger charge is -2.06. The van der Waals surface area contributed by atoms with E-state index >= 15 is 0 Å². The molecule has 0 spiro atoms. The van der Waals surface area contributed by atoms with Gasteiger partial charge in [0.2, 0.25) is 0 Å². The topological polar surface area (TPSA) is 26.0 Å². The van der Waals surface area contributed by atoms with E-state index < -0.39 is 17.3 Å². The van der Waals surface area contributed by atoms with Gasteiger partial charge in [0, 0.05) is 6.42 Å². The molecule has 0 amide bonds. The first-order valence-electron chi connectivity index (χ1n) is 5.04. The van der Waals surface area contributed by atoms with E-state index in [1.165, 1.54) is 18.2 Å². The molecule has 2 N–H and O–H groups in total. The van der Waals surface area contributed by atoms with Crippen LogP contribution in [0.1, 0.15) is 11.1 Å².